The molecule has 0 bridgehead atoms. The first kappa shape index (κ1) is 18.3. The van der Waals surface area contributed by atoms with E-state index >= 15 is 0 Å². The molecule has 20 heavy (non-hydrogen) atoms. The zero-order valence-corrected chi connectivity index (χ0v) is 11.7. The molecule has 2 amide bonds. The van der Waals surface area contributed by atoms with E-state index in [2.05, 4.69) is 5.32 Å². The van der Waals surface area contributed by atoms with Gasteiger partial charge in [-0.15, -0.1) is 12.4 Å². The molecule has 0 saturated heterocycles. The van der Waals surface area contributed by atoms with Crippen LogP contribution in [0.5, 0.6) is 0 Å². The van der Waals surface area contributed by atoms with Crippen molar-refractivity contribution in [3.63, 3.8) is 0 Å². The zero-order valence-electron chi connectivity index (χ0n) is 10.9. The first-order valence-electron chi connectivity index (χ1n) is 5.62. The molecule has 1 aromatic carbocycles. The van der Waals surface area contributed by atoms with E-state index in [1.54, 1.807) is 0 Å². The van der Waals surface area contributed by atoms with Crippen LogP contribution >= 0.6 is 12.4 Å². The molecule has 3 N–H and O–H groups in total. The molecule has 0 radical (unpaired) electrons. The summed E-state index contributed by atoms with van der Waals surface area (Å²) >= 11 is 0. The highest BCUT2D eigenvalue weighted by Gasteiger charge is 2.12. The third-order valence-electron chi connectivity index (χ3n) is 2.31. The number of halogens is 3. The number of benzene rings is 1. The fraction of sp³-hybridized carbons (Fsp3) is 0.333. The van der Waals surface area contributed by atoms with Crippen LogP contribution in [-0.4, -0.2) is 36.9 Å². The van der Waals surface area contributed by atoms with Crippen LogP contribution in [0, 0.1) is 11.6 Å². The van der Waals surface area contributed by atoms with Crippen molar-refractivity contribution in [1.29, 1.82) is 0 Å². The Morgan fingerprint density at radius 3 is 2.30 bits per heavy atom. The van der Waals surface area contributed by atoms with E-state index in [9.17, 15) is 18.4 Å². The maximum absolute atomic E-state index is 12.9. The Kier molecular flexibility index (Phi) is 7.71. The number of carbonyl (C=O) groups excluding carboxylic acids is 2. The molecule has 0 fully saturated rings. The van der Waals surface area contributed by atoms with E-state index in [0.29, 0.717) is 6.07 Å². The largest absolute Gasteiger partial charge is 0.336 e. The quantitative estimate of drug-likeness (QED) is 0.856. The molecule has 0 aliphatic heterocycles. The van der Waals surface area contributed by atoms with Crippen molar-refractivity contribution in [1.82, 2.24) is 4.90 Å². The predicted molar refractivity (Wildman–Crippen MR) is 73.5 cm³/mol. The Bertz CT molecular complexity index is 466. The Hall–Kier alpha value is -1.73. The Morgan fingerprint density at radius 2 is 1.80 bits per heavy atom. The highest BCUT2D eigenvalue weighted by Crippen LogP contribution is 2.12. The number of nitrogens with zero attached hydrogens (tertiary/aromatic N) is 1. The first-order valence-corrected chi connectivity index (χ1v) is 5.62. The average molecular weight is 308 g/mol. The lowest BCUT2D eigenvalue weighted by Crippen LogP contribution is -2.35. The summed E-state index contributed by atoms with van der Waals surface area (Å²) in [5.74, 6) is -2.40. The number of nitrogens with one attached hydrogen (secondary N) is 1. The fourth-order valence-corrected chi connectivity index (χ4v) is 1.44. The molecule has 112 valence electrons. The van der Waals surface area contributed by atoms with Crippen molar-refractivity contribution in [3.05, 3.63) is 29.8 Å². The van der Waals surface area contributed by atoms with Crippen LogP contribution in [0.15, 0.2) is 18.2 Å². The summed E-state index contributed by atoms with van der Waals surface area (Å²) in [6.45, 7) is -0.0170. The summed E-state index contributed by atoms with van der Waals surface area (Å²) in [4.78, 5) is 24.2. The highest BCUT2D eigenvalue weighted by molar-refractivity contribution is 5.94. The van der Waals surface area contributed by atoms with Gasteiger partial charge in [0.2, 0.25) is 11.8 Å². The third kappa shape index (κ3) is 5.94. The molecule has 0 aliphatic carbocycles. The van der Waals surface area contributed by atoms with Gasteiger partial charge in [0.1, 0.15) is 11.6 Å². The van der Waals surface area contributed by atoms with Crippen LogP contribution in [0.4, 0.5) is 14.5 Å². The van der Waals surface area contributed by atoms with Gasteiger partial charge in [-0.2, -0.15) is 0 Å². The van der Waals surface area contributed by atoms with Gasteiger partial charge in [0.25, 0.3) is 0 Å². The van der Waals surface area contributed by atoms with Gasteiger partial charge in [0, 0.05) is 31.8 Å². The van der Waals surface area contributed by atoms with Crippen molar-refractivity contribution in [2.75, 3.05) is 25.5 Å². The van der Waals surface area contributed by atoms with Crippen LogP contribution in [-0.2, 0) is 9.59 Å². The van der Waals surface area contributed by atoms with Crippen molar-refractivity contribution in [3.8, 4) is 0 Å². The normalized spacial score (nSPS) is 9.60. The van der Waals surface area contributed by atoms with Crippen LogP contribution in [0.1, 0.15) is 6.42 Å². The van der Waals surface area contributed by atoms with Crippen molar-refractivity contribution in [2.24, 2.45) is 5.73 Å². The minimum Gasteiger partial charge on any atom is -0.336 e. The fourth-order valence-electron chi connectivity index (χ4n) is 1.44. The van der Waals surface area contributed by atoms with Crippen molar-refractivity contribution in [2.45, 2.75) is 6.42 Å². The second-order valence-corrected chi connectivity index (χ2v) is 3.99. The minimum atomic E-state index is -0.789. The molecule has 0 unspecified atom stereocenters. The van der Waals surface area contributed by atoms with Gasteiger partial charge in [0.15, 0.2) is 0 Å². The molecule has 1 rings (SSSR count). The first-order chi connectivity index (χ1) is 8.92. The molecular weight excluding hydrogens is 292 g/mol. The topological polar surface area (TPSA) is 75.4 Å². The highest BCUT2D eigenvalue weighted by atomic mass is 35.5. The van der Waals surface area contributed by atoms with E-state index in [-0.39, 0.29) is 43.5 Å². The Morgan fingerprint density at radius 1 is 1.25 bits per heavy atom. The standard InChI is InChI=1S/C12H15F2N3O2.ClH/c1-17(12(19)2-3-15)7-11(18)16-10-5-8(13)4-9(14)6-10;/h4-6H,2-3,7,15H2,1H3,(H,16,18);1H. The molecule has 1 aromatic rings. The molecule has 5 nitrogen and oxygen atoms in total. The summed E-state index contributed by atoms with van der Waals surface area (Å²) in [6.07, 6.45) is 0.137. The summed E-state index contributed by atoms with van der Waals surface area (Å²) in [6, 6.07) is 2.68. The molecule has 8 heteroatoms. The van der Waals surface area contributed by atoms with Gasteiger partial charge >= 0.3 is 0 Å². The zero-order chi connectivity index (χ0) is 14.4. The summed E-state index contributed by atoms with van der Waals surface area (Å²) in [7, 11) is 1.45. The van der Waals surface area contributed by atoms with Gasteiger partial charge < -0.3 is 16.0 Å². The number of rotatable bonds is 5. The summed E-state index contributed by atoms with van der Waals surface area (Å²) in [5.41, 5.74) is 5.23. The number of hydrogen-bond acceptors (Lipinski definition) is 3. The van der Waals surface area contributed by atoms with Crippen molar-refractivity contribution < 1.29 is 18.4 Å². The Balaban J connectivity index is 0.00000361. The summed E-state index contributed by atoms with van der Waals surface area (Å²) < 4.78 is 25.8. The second-order valence-electron chi connectivity index (χ2n) is 3.99. The molecular formula is C12H16ClF2N3O2. The lowest BCUT2D eigenvalue weighted by Gasteiger charge is -2.16. The Labute approximate surface area is 121 Å². The van der Waals surface area contributed by atoms with Crippen LogP contribution in [0.25, 0.3) is 0 Å². The van der Waals surface area contributed by atoms with E-state index in [1.807, 2.05) is 0 Å². The molecule has 0 spiro atoms. The maximum atomic E-state index is 12.9. The molecule has 0 atom stereocenters. The number of anilines is 1. The molecule has 0 aliphatic rings. The van der Waals surface area contributed by atoms with Gasteiger partial charge in [-0.1, -0.05) is 0 Å². The van der Waals surface area contributed by atoms with E-state index in [0.717, 1.165) is 12.1 Å². The van der Waals surface area contributed by atoms with Crippen LogP contribution in [0.3, 0.4) is 0 Å². The number of carbonyl (C=O) groups is 2. The van der Waals surface area contributed by atoms with Gasteiger partial charge in [-0.3, -0.25) is 9.59 Å². The monoisotopic (exact) mass is 307 g/mol. The summed E-state index contributed by atoms with van der Waals surface area (Å²) in [5, 5.41) is 2.31. The predicted octanol–water partition coefficient (Wildman–Crippen LogP) is 1.13. The molecule has 0 saturated carbocycles. The lowest BCUT2D eigenvalue weighted by molar-refractivity contribution is -0.133. The van der Waals surface area contributed by atoms with Gasteiger partial charge in [-0.25, -0.2) is 8.78 Å². The average Bonchev–Trinajstić information content (AvgIpc) is 2.27. The van der Waals surface area contributed by atoms with Crippen molar-refractivity contribution >= 4 is 29.9 Å². The van der Waals surface area contributed by atoms with E-state index < -0.39 is 17.5 Å². The molecule has 0 aromatic heterocycles. The molecule has 0 heterocycles. The number of hydrogen-bond donors (Lipinski definition) is 2. The van der Waals surface area contributed by atoms with Gasteiger partial charge in [-0.05, 0) is 12.1 Å². The van der Waals surface area contributed by atoms with E-state index in [1.165, 1.54) is 11.9 Å². The number of likely N-dealkylation sites (N-methyl/N-ethyl adjacent to an activating group) is 1. The van der Waals surface area contributed by atoms with Crippen LogP contribution in [0.2, 0.25) is 0 Å². The smallest absolute Gasteiger partial charge is 0.243 e. The number of amides is 2. The SMILES string of the molecule is CN(CC(=O)Nc1cc(F)cc(F)c1)C(=O)CCN.Cl. The number of nitrogens with two attached hydrogens (primary N) is 1. The van der Waals surface area contributed by atoms with E-state index in [4.69, 9.17) is 5.73 Å². The maximum Gasteiger partial charge on any atom is 0.243 e. The minimum absolute atomic E-state index is 0. The second kappa shape index (κ2) is 8.44. The van der Waals surface area contributed by atoms with Gasteiger partial charge in [0.05, 0.1) is 6.54 Å². The van der Waals surface area contributed by atoms with Crippen LogP contribution < -0.4 is 11.1 Å². The third-order valence-corrected chi connectivity index (χ3v) is 2.31. The lowest BCUT2D eigenvalue weighted by atomic mass is 10.3.